The Bertz CT molecular complexity index is 1530. The minimum atomic E-state index is -0.513. The zero-order valence-corrected chi connectivity index (χ0v) is 27.2. The molecule has 3 aromatic carbocycles. The van der Waals surface area contributed by atoms with Crippen molar-refractivity contribution in [2.24, 2.45) is 10.5 Å². The lowest BCUT2D eigenvalue weighted by atomic mass is 9.96. The monoisotopic (exact) mass is 623 g/mol. The van der Waals surface area contributed by atoms with Gasteiger partial charge in [-0.3, -0.25) is 14.4 Å². The molecule has 2 saturated carbocycles. The summed E-state index contributed by atoms with van der Waals surface area (Å²) in [6.45, 7) is 5.89. The van der Waals surface area contributed by atoms with Gasteiger partial charge in [0.05, 0.1) is 18.4 Å². The molecule has 2 aliphatic carbocycles. The van der Waals surface area contributed by atoms with Crippen LogP contribution in [0.3, 0.4) is 0 Å². The van der Waals surface area contributed by atoms with E-state index in [0.29, 0.717) is 24.6 Å². The maximum absolute atomic E-state index is 12.8. The first-order chi connectivity index (χ1) is 22.1. The fourth-order valence-corrected chi connectivity index (χ4v) is 5.59. The minimum absolute atomic E-state index is 0.0603. The van der Waals surface area contributed by atoms with E-state index in [1.54, 1.807) is 0 Å². The number of hydrazone groups is 1. The average molecular weight is 624 g/mol. The van der Waals surface area contributed by atoms with Gasteiger partial charge >= 0.3 is 5.97 Å². The normalized spacial score (nSPS) is 16.8. The molecular weight excluding hydrogens is 578 g/mol. The molecule has 8 heteroatoms. The van der Waals surface area contributed by atoms with E-state index in [-0.39, 0.29) is 30.8 Å². The van der Waals surface area contributed by atoms with Crippen LogP contribution in [0.15, 0.2) is 84.0 Å². The van der Waals surface area contributed by atoms with Crippen LogP contribution in [-0.4, -0.2) is 40.9 Å². The van der Waals surface area contributed by atoms with Gasteiger partial charge in [0.25, 0.3) is 5.91 Å². The summed E-state index contributed by atoms with van der Waals surface area (Å²) in [7, 11) is 0. The molecule has 1 aliphatic heterocycles. The van der Waals surface area contributed by atoms with Gasteiger partial charge in [-0.1, -0.05) is 86.7 Å². The molecule has 0 bridgehead atoms. The molecule has 6 rings (SSSR count). The van der Waals surface area contributed by atoms with E-state index in [1.807, 2.05) is 99.6 Å². The number of rotatable bonds is 9. The third-order valence-corrected chi connectivity index (χ3v) is 8.26. The first-order valence-electron chi connectivity index (χ1n) is 16.4. The number of nitrogens with one attached hydrogen (secondary N) is 1. The molecule has 1 heterocycles. The molecule has 1 N–H and O–H groups in total. The quantitative estimate of drug-likeness (QED) is 0.254. The predicted molar refractivity (Wildman–Crippen MR) is 179 cm³/mol. The van der Waals surface area contributed by atoms with E-state index in [2.05, 4.69) is 10.4 Å². The van der Waals surface area contributed by atoms with E-state index in [0.717, 1.165) is 35.1 Å². The first-order valence-corrected chi connectivity index (χ1v) is 16.4. The molecule has 0 atom stereocenters. The maximum Gasteiger partial charge on any atom is 0.312 e. The zero-order valence-electron chi connectivity index (χ0n) is 27.2. The van der Waals surface area contributed by atoms with E-state index in [4.69, 9.17) is 9.47 Å². The summed E-state index contributed by atoms with van der Waals surface area (Å²) >= 11 is 0. The number of nitrogens with zero attached hydrogens (tertiary/aromatic N) is 2. The molecule has 0 unspecified atom stereocenters. The summed E-state index contributed by atoms with van der Waals surface area (Å²) in [5.41, 5.74) is 3.27. The van der Waals surface area contributed by atoms with Crippen molar-refractivity contribution in [3.05, 3.63) is 101 Å². The molecule has 0 saturated heterocycles. The second-order valence-electron chi connectivity index (χ2n) is 13.5. The van der Waals surface area contributed by atoms with Crippen molar-refractivity contribution in [2.45, 2.75) is 90.7 Å². The SMILES string of the molecule is C1CCCC1.CC(C)(C)OC(=O)C1(Cc2cccc(NC(=O)Cc3ccc(CN4N=C(c5ccccc5)OCC4=O)cc3)c2)CC1. The summed E-state index contributed by atoms with van der Waals surface area (Å²) < 4.78 is 11.1. The predicted octanol–water partition coefficient (Wildman–Crippen LogP) is 7.20. The van der Waals surface area contributed by atoms with Gasteiger partial charge in [0.1, 0.15) is 5.60 Å². The number of hydrogen-bond donors (Lipinski definition) is 1. The van der Waals surface area contributed by atoms with Crippen molar-refractivity contribution in [1.82, 2.24) is 5.01 Å². The van der Waals surface area contributed by atoms with Crippen LogP contribution in [0.2, 0.25) is 0 Å². The number of hydrogen-bond acceptors (Lipinski definition) is 6. The highest BCUT2D eigenvalue weighted by molar-refractivity contribution is 5.98. The van der Waals surface area contributed by atoms with Crippen LogP contribution >= 0.6 is 0 Å². The molecule has 2 fully saturated rings. The van der Waals surface area contributed by atoms with Crippen LogP contribution in [0.5, 0.6) is 0 Å². The number of amides is 2. The molecule has 0 radical (unpaired) electrons. The lowest BCUT2D eigenvalue weighted by Crippen LogP contribution is -2.36. The highest BCUT2D eigenvalue weighted by atomic mass is 16.6. The van der Waals surface area contributed by atoms with Crippen molar-refractivity contribution in [3.8, 4) is 0 Å². The number of benzene rings is 3. The van der Waals surface area contributed by atoms with Gasteiger partial charge in [0, 0.05) is 11.3 Å². The Morgan fingerprint density at radius 2 is 1.52 bits per heavy atom. The maximum atomic E-state index is 12.8. The summed E-state index contributed by atoms with van der Waals surface area (Å²) in [5, 5.41) is 8.78. The molecule has 242 valence electrons. The highest BCUT2D eigenvalue weighted by Crippen LogP contribution is 2.50. The molecule has 3 aromatic rings. The fraction of sp³-hybridized carbons (Fsp3) is 0.421. The third-order valence-electron chi connectivity index (χ3n) is 8.26. The van der Waals surface area contributed by atoms with Gasteiger partial charge in [-0.2, -0.15) is 0 Å². The first kappa shape index (κ1) is 32.9. The Morgan fingerprint density at radius 1 is 0.870 bits per heavy atom. The molecule has 8 nitrogen and oxygen atoms in total. The molecule has 46 heavy (non-hydrogen) atoms. The second-order valence-corrected chi connectivity index (χ2v) is 13.5. The Balaban J connectivity index is 0.000000760. The second kappa shape index (κ2) is 14.8. The lowest BCUT2D eigenvalue weighted by Gasteiger charge is -2.24. The van der Waals surface area contributed by atoms with Crippen molar-refractivity contribution in [1.29, 1.82) is 0 Å². The van der Waals surface area contributed by atoms with Gasteiger partial charge in [0.2, 0.25) is 11.8 Å². The van der Waals surface area contributed by atoms with E-state index in [1.165, 1.54) is 37.1 Å². The lowest BCUT2D eigenvalue weighted by molar-refractivity contribution is -0.161. The summed E-state index contributed by atoms with van der Waals surface area (Å²) in [6, 6.07) is 24.7. The van der Waals surface area contributed by atoms with E-state index >= 15 is 0 Å². The van der Waals surface area contributed by atoms with E-state index in [9.17, 15) is 14.4 Å². The van der Waals surface area contributed by atoms with Crippen molar-refractivity contribution >= 4 is 29.4 Å². The number of carbonyl (C=O) groups is 3. The number of carbonyl (C=O) groups excluding carboxylic acids is 3. The smallest absolute Gasteiger partial charge is 0.312 e. The molecule has 0 spiro atoms. The topological polar surface area (TPSA) is 97.3 Å². The van der Waals surface area contributed by atoms with E-state index < -0.39 is 11.0 Å². The molecule has 0 aromatic heterocycles. The van der Waals surface area contributed by atoms with Crippen molar-refractivity contribution in [2.75, 3.05) is 11.9 Å². The van der Waals surface area contributed by atoms with Crippen LogP contribution in [0, 0.1) is 5.41 Å². The number of ether oxygens (including phenoxy) is 2. The van der Waals surface area contributed by atoms with Crippen molar-refractivity contribution in [3.63, 3.8) is 0 Å². The Morgan fingerprint density at radius 3 is 2.15 bits per heavy atom. The Kier molecular flexibility index (Phi) is 10.6. The van der Waals surface area contributed by atoms with Crippen molar-refractivity contribution < 1.29 is 23.9 Å². The van der Waals surface area contributed by atoms with Crippen LogP contribution in [0.4, 0.5) is 5.69 Å². The largest absolute Gasteiger partial charge is 0.466 e. The summed E-state index contributed by atoms with van der Waals surface area (Å²) in [6.07, 6.45) is 9.93. The van der Waals surface area contributed by atoms with Gasteiger partial charge < -0.3 is 14.8 Å². The van der Waals surface area contributed by atoms with Gasteiger partial charge in [0.15, 0.2) is 6.61 Å². The Hall–Kier alpha value is -4.46. The zero-order chi connectivity index (χ0) is 32.6. The number of esters is 1. The summed E-state index contributed by atoms with van der Waals surface area (Å²) in [4.78, 5) is 37.9. The highest BCUT2D eigenvalue weighted by Gasteiger charge is 2.52. The minimum Gasteiger partial charge on any atom is -0.466 e. The Labute approximate surface area is 272 Å². The van der Waals surface area contributed by atoms with Crippen LogP contribution in [0.1, 0.15) is 88.0 Å². The third kappa shape index (κ3) is 9.52. The standard InChI is InChI=1S/C33H35N3O5.C5H10/c1-32(2,3)41-31(39)33(16-17-33)20-25-8-7-11-27(18-25)34-28(37)19-23-12-14-24(15-13-23)21-36-29(38)22-40-30(35-36)26-9-5-4-6-10-26;1-2-4-5-3-1/h4-15,18H,16-17,19-22H2,1-3H3,(H,34,37);1-5H2. The van der Waals surface area contributed by atoms with Crippen LogP contribution in [0.25, 0.3) is 0 Å². The summed E-state index contributed by atoms with van der Waals surface area (Å²) in [5.74, 6) is -0.0817. The number of anilines is 1. The molecule has 3 aliphatic rings. The van der Waals surface area contributed by atoms with Crippen LogP contribution < -0.4 is 5.32 Å². The average Bonchev–Trinajstić information content (AvgIpc) is 3.54. The van der Waals surface area contributed by atoms with Crippen LogP contribution in [-0.2, 0) is 43.2 Å². The van der Waals surface area contributed by atoms with Gasteiger partial charge in [-0.15, -0.1) is 5.10 Å². The molecule has 2 amide bonds. The fourth-order valence-electron chi connectivity index (χ4n) is 5.59. The molecular formula is C38H45N3O5. The van der Waals surface area contributed by atoms with Gasteiger partial charge in [-0.25, -0.2) is 5.01 Å². The van der Waals surface area contributed by atoms with Gasteiger partial charge in [-0.05, 0) is 81.0 Å².